The second-order valence-corrected chi connectivity index (χ2v) is 10.8. The van der Waals surface area contributed by atoms with E-state index in [0.29, 0.717) is 31.7 Å². The molecule has 2 aliphatic rings. The minimum atomic E-state index is -3.29. The second kappa shape index (κ2) is 11.1. The first-order valence-electron chi connectivity index (χ1n) is 11.8. The molecule has 2 aromatic rings. The maximum Gasteiger partial charge on any atom is 0.253 e. The Kier molecular flexibility index (Phi) is 7.96. The first-order chi connectivity index (χ1) is 16.0. The van der Waals surface area contributed by atoms with Crippen LogP contribution in [0.5, 0.6) is 0 Å². The molecule has 6 nitrogen and oxygen atoms in total. The molecule has 2 heterocycles. The smallest absolute Gasteiger partial charge is 0.253 e. The van der Waals surface area contributed by atoms with Crippen LogP contribution in [0.4, 0.5) is 0 Å². The van der Waals surface area contributed by atoms with Gasteiger partial charge >= 0.3 is 0 Å². The van der Waals surface area contributed by atoms with E-state index in [0.717, 1.165) is 44.5 Å². The zero-order valence-electron chi connectivity index (χ0n) is 19.1. The molecule has 0 aromatic heterocycles. The van der Waals surface area contributed by atoms with Crippen molar-refractivity contribution >= 4 is 22.0 Å². The van der Waals surface area contributed by atoms with Crippen molar-refractivity contribution in [2.24, 2.45) is 0 Å². The fraction of sp³-hybridized carbons (Fsp3) is 0.423. The number of amides is 1. The summed E-state index contributed by atoms with van der Waals surface area (Å²) in [7, 11) is -3.29. The lowest BCUT2D eigenvalue weighted by Crippen LogP contribution is -2.48. The van der Waals surface area contributed by atoms with E-state index in [1.807, 2.05) is 23.1 Å². The summed E-state index contributed by atoms with van der Waals surface area (Å²) in [6, 6.07) is 17.3. The summed E-state index contributed by atoms with van der Waals surface area (Å²) in [5, 5.41) is 0. The Hall–Kier alpha value is -2.48. The van der Waals surface area contributed by atoms with Gasteiger partial charge in [-0.3, -0.25) is 9.69 Å². The molecule has 0 bridgehead atoms. The number of rotatable bonds is 7. The summed E-state index contributed by atoms with van der Waals surface area (Å²) in [5.74, 6) is 0.0105. The van der Waals surface area contributed by atoms with Crippen molar-refractivity contribution in [1.29, 1.82) is 0 Å². The van der Waals surface area contributed by atoms with Gasteiger partial charge in [-0.15, -0.1) is 0 Å². The lowest BCUT2D eigenvalue weighted by molar-refractivity contribution is 0.0650. The maximum absolute atomic E-state index is 12.9. The lowest BCUT2D eigenvalue weighted by atomic mass is 10.1. The van der Waals surface area contributed by atoms with Crippen molar-refractivity contribution in [2.75, 3.05) is 45.8 Å². The van der Waals surface area contributed by atoms with Gasteiger partial charge in [-0.25, -0.2) is 12.7 Å². The molecule has 0 N–H and O–H groups in total. The van der Waals surface area contributed by atoms with E-state index in [1.54, 1.807) is 28.6 Å². The standard InChI is InChI=1S/C26H33N3O3S/c30-26(28-20-18-27(19-21-28)15-7-10-23-8-3-1-4-9-23)25-13-11-24(12-14-25)22-33(31,32)29-16-5-2-6-17-29/h1,3-4,7-14H,2,5-6,15-22H2/b10-7+. The van der Waals surface area contributed by atoms with Crippen LogP contribution in [0.15, 0.2) is 60.7 Å². The number of piperidine rings is 1. The zero-order valence-corrected chi connectivity index (χ0v) is 19.9. The largest absolute Gasteiger partial charge is 0.336 e. The van der Waals surface area contributed by atoms with Gasteiger partial charge in [0.2, 0.25) is 10.0 Å². The van der Waals surface area contributed by atoms with Gasteiger partial charge in [0.25, 0.3) is 5.91 Å². The average Bonchev–Trinajstić information content (AvgIpc) is 2.85. The second-order valence-electron chi connectivity index (χ2n) is 8.82. The molecule has 2 aromatic carbocycles. The first kappa shape index (κ1) is 23.7. The van der Waals surface area contributed by atoms with Crippen molar-refractivity contribution in [3.63, 3.8) is 0 Å². The van der Waals surface area contributed by atoms with Gasteiger partial charge in [-0.05, 0) is 36.1 Å². The molecule has 0 spiro atoms. The van der Waals surface area contributed by atoms with Crippen LogP contribution in [0.25, 0.3) is 6.08 Å². The topological polar surface area (TPSA) is 60.9 Å². The summed E-state index contributed by atoms with van der Waals surface area (Å²) >= 11 is 0. The number of hydrogen-bond donors (Lipinski definition) is 0. The van der Waals surface area contributed by atoms with Gasteiger partial charge < -0.3 is 4.90 Å². The third kappa shape index (κ3) is 6.53. The predicted octanol–water partition coefficient (Wildman–Crippen LogP) is 3.47. The van der Waals surface area contributed by atoms with Gasteiger partial charge in [0.05, 0.1) is 5.75 Å². The van der Waals surface area contributed by atoms with E-state index >= 15 is 0 Å². The van der Waals surface area contributed by atoms with Crippen LogP contribution in [0.2, 0.25) is 0 Å². The molecule has 33 heavy (non-hydrogen) atoms. The summed E-state index contributed by atoms with van der Waals surface area (Å²) in [4.78, 5) is 17.1. The van der Waals surface area contributed by atoms with Crippen LogP contribution in [0.1, 0.15) is 40.7 Å². The highest BCUT2D eigenvalue weighted by atomic mass is 32.2. The fourth-order valence-electron chi connectivity index (χ4n) is 4.41. The van der Waals surface area contributed by atoms with E-state index in [2.05, 4.69) is 29.2 Å². The van der Waals surface area contributed by atoms with Crippen molar-refractivity contribution < 1.29 is 13.2 Å². The minimum absolute atomic E-state index is 0.00333. The van der Waals surface area contributed by atoms with Crippen molar-refractivity contribution in [2.45, 2.75) is 25.0 Å². The van der Waals surface area contributed by atoms with Gasteiger partial charge in [0.1, 0.15) is 0 Å². The molecule has 176 valence electrons. The quantitative estimate of drug-likeness (QED) is 0.626. The molecule has 0 radical (unpaired) electrons. The van der Waals surface area contributed by atoms with E-state index < -0.39 is 10.0 Å². The Balaban J connectivity index is 1.26. The molecule has 0 aliphatic carbocycles. The molecule has 2 saturated heterocycles. The normalized spacial score (nSPS) is 18.6. The summed E-state index contributed by atoms with van der Waals surface area (Å²) < 4.78 is 26.9. The van der Waals surface area contributed by atoms with Crippen molar-refractivity contribution in [1.82, 2.24) is 14.1 Å². The van der Waals surface area contributed by atoms with Gasteiger partial charge in [-0.1, -0.05) is 61.0 Å². The number of nitrogens with zero attached hydrogens (tertiary/aromatic N) is 3. The number of sulfonamides is 1. The fourth-order valence-corrected chi connectivity index (χ4v) is 6.02. The van der Waals surface area contributed by atoms with E-state index in [9.17, 15) is 13.2 Å². The van der Waals surface area contributed by atoms with Crippen molar-refractivity contribution in [3.8, 4) is 0 Å². The van der Waals surface area contributed by atoms with Crippen LogP contribution in [0, 0.1) is 0 Å². The molecule has 1 amide bonds. The number of piperazine rings is 1. The Morgan fingerprint density at radius 3 is 2.15 bits per heavy atom. The van der Waals surface area contributed by atoms with Crippen LogP contribution in [-0.2, 0) is 15.8 Å². The Labute approximate surface area is 197 Å². The molecule has 0 atom stereocenters. The van der Waals surface area contributed by atoms with Gasteiger partial charge in [0, 0.05) is 51.4 Å². The maximum atomic E-state index is 12.9. The SMILES string of the molecule is O=C(c1ccc(CS(=O)(=O)N2CCCCC2)cc1)N1CCN(C/C=C/c2ccccc2)CC1. The van der Waals surface area contributed by atoms with Crippen LogP contribution in [-0.4, -0.2) is 74.2 Å². The van der Waals surface area contributed by atoms with Crippen LogP contribution >= 0.6 is 0 Å². The average molecular weight is 468 g/mol. The predicted molar refractivity (Wildman–Crippen MR) is 132 cm³/mol. The van der Waals surface area contributed by atoms with Crippen molar-refractivity contribution in [3.05, 3.63) is 77.4 Å². The monoisotopic (exact) mass is 467 g/mol. The van der Waals surface area contributed by atoms with Crippen LogP contribution < -0.4 is 0 Å². The zero-order chi connectivity index (χ0) is 23.1. The summed E-state index contributed by atoms with van der Waals surface area (Å²) in [5.41, 5.74) is 2.54. The molecular weight excluding hydrogens is 434 g/mol. The van der Waals surface area contributed by atoms with Gasteiger partial charge in [0.15, 0.2) is 0 Å². The molecule has 0 unspecified atom stereocenters. The molecule has 0 saturated carbocycles. The highest BCUT2D eigenvalue weighted by Crippen LogP contribution is 2.18. The van der Waals surface area contributed by atoms with Gasteiger partial charge in [-0.2, -0.15) is 0 Å². The summed E-state index contributed by atoms with van der Waals surface area (Å²) in [6.07, 6.45) is 7.27. The number of carbonyl (C=O) groups excluding carboxylic acids is 1. The lowest BCUT2D eigenvalue weighted by Gasteiger charge is -2.34. The minimum Gasteiger partial charge on any atom is -0.336 e. The van der Waals surface area contributed by atoms with E-state index in [4.69, 9.17) is 0 Å². The third-order valence-corrected chi connectivity index (χ3v) is 8.24. The summed E-state index contributed by atoms with van der Waals surface area (Å²) in [6.45, 7) is 5.19. The molecular formula is C26H33N3O3S. The Morgan fingerprint density at radius 1 is 0.818 bits per heavy atom. The molecule has 7 heteroatoms. The highest BCUT2D eigenvalue weighted by Gasteiger charge is 2.25. The molecule has 2 fully saturated rings. The Morgan fingerprint density at radius 2 is 1.48 bits per heavy atom. The van der Waals surface area contributed by atoms with Crippen LogP contribution in [0.3, 0.4) is 0 Å². The van der Waals surface area contributed by atoms with E-state index in [1.165, 1.54) is 5.56 Å². The highest BCUT2D eigenvalue weighted by molar-refractivity contribution is 7.88. The first-order valence-corrected chi connectivity index (χ1v) is 13.4. The Bertz CT molecular complexity index is 1040. The number of carbonyl (C=O) groups is 1. The third-order valence-electron chi connectivity index (χ3n) is 6.39. The number of benzene rings is 2. The number of hydrogen-bond acceptors (Lipinski definition) is 4. The molecule has 2 aliphatic heterocycles. The van der Waals surface area contributed by atoms with E-state index in [-0.39, 0.29) is 11.7 Å². The molecule has 4 rings (SSSR count).